The van der Waals surface area contributed by atoms with E-state index in [9.17, 15) is 9.59 Å². The van der Waals surface area contributed by atoms with Gasteiger partial charge in [0.1, 0.15) is 0 Å². The number of carbonyl (C=O) groups is 2. The van der Waals surface area contributed by atoms with Crippen molar-refractivity contribution in [3.8, 4) is 0 Å². The molecule has 0 heterocycles. The molecule has 0 unspecified atom stereocenters. The number of nitrogens with one attached hydrogen (secondary N) is 2. The Hall–Kier alpha value is -3.40. The lowest BCUT2D eigenvalue weighted by Gasteiger charge is -2.18. The van der Waals surface area contributed by atoms with Crippen LogP contribution < -0.4 is 10.6 Å². The number of amides is 2. The van der Waals surface area contributed by atoms with Gasteiger partial charge in [0.05, 0.1) is 12.5 Å². The number of anilines is 1. The molecule has 2 amide bonds. The van der Waals surface area contributed by atoms with Gasteiger partial charge >= 0.3 is 0 Å². The zero-order chi connectivity index (χ0) is 20.1. The molecular formula is C25H24N2O2. The van der Waals surface area contributed by atoms with E-state index in [0.29, 0.717) is 0 Å². The molecule has 0 saturated carbocycles. The first-order valence-corrected chi connectivity index (χ1v) is 10.00. The van der Waals surface area contributed by atoms with Crippen LogP contribution in [0.2, 0.25) is 0 Å². The van der Waals surface area contributed by atoms with E-state index in [4.69, 9.17) is 0 Å². The van der Waals surface area contributed by atoms with Crippen molar-refractivity contribution in [2.45, 2.75) is 25.2 Å². The summed E-state index contributed by atoms with van der Waals surface area (Å²) in [5.74, 6) is -0.868. The molecule has 146 valence electrons. The molecule has 2 N–H and O–H groups in total. The molecule has 0 radical (unpaired) electrons. The number of aryl methyl sites for hydroxylation is 2. The summed E-state index contributed by atoms with van der Waals surface area (Å²) in [6.45, 7) is -0.0634. The molecule has 4 rings (SSSR count). The standard InChI is InChI=1S/C25H24N2O2/c28-23(27-22-15-14-18-12-7-13-21(18)16-22)17-26-25(29)24(19-8-3-1-4-9-19)20-10-5-2-6-11-20/h1-6,8-11,14-16,24H,7,12-13,17H2,(H,26,29)(H,27,28). The number of hydrogen-bond acceptors (Lipinski definition) is 2. The highest BCUT2D eigenvalue weighted by molar-refractivity contribution is 5.96. The van der Waals surface area contributed by atoms with Crippen molar-refractivity contribution in [1.82, 2.24) is 5.32 Å². The quantitative estimate of drug-likeness (QED) is 0.673. The first-order chi connectivity index (χ1) is 14.2. The summed E-state index contributed by atoms with van der Waals surface area (Å²) >= 11 is 0. The molecule has 1 aliphatic rings. The van der Waals surface area contributed by atoms with Crippen molar-refractivity contribution >= 4 is 17.5 Å². The SMILES string of the molecule is O=C(CNC(=O)C(c1ccccc1)c1ccccc1)Nc1ccc2c(c1)CCC2. The van der Waals surface area contributed by atoms with E-state index in [2.05, 4.69) is 16.7 Å². The van der Waals surface area contributed by atoms with E-state index in [-0.39, 0.29) is 18.4 Å². The Labute approximate surface area is 171 Å². The van der Waals surface area contributed by atoms with Crippen LogP contribution in [-0.2, 0) is 22.4 Å². The predicted molar refractivity (Wildman–Crippen MR) is 115 cm³/mol. The zero-order valence-electron chi connectivity index (χ0n) is 16.2. The number of fused-ring (bicyclic) bond motifs is 1. The van der Waals surface area contributed by atoms with Crippen molar-refractivity contribution in [1.29, 1.82) is 0 Å². The van der Waals surface area contributed by atoms with E-state index in [0.717, 1.165) is 29.7 Å². The smallest absolute Gasteiger partial charge is 0.243 e. The van der Waals surface area contributed by atoms with E-state index in [1.807, 2.05) is 72.8 Å². The molecule has 0 spiro atoms. The molecular weight excluding hydrogens is 360 g/mol. The summed E-state index contributed by atoms with van der Waals surface area (Å²) in [5, 5.41) is 5.69. The van der Waals surface area contributed by atoms with Gasteiger partial charge in [-0.25, -0.2) is 0 Å². The van der Waals surface area contributed by atoms with Crippen molar-refractivity contribution in [2.24, 2.45) is 0 Å². The van der Waals surface area contributed by atoms with Gasteiger partial charge < -0.3 is 10.6 Å². The average molecular weight is 384 g/mol. The summed E-state index contributed by atoms with van der Waals surface area (Å²) in [6.07, 6.45) is 3.34. The van der Waals surface area contributed by atoms with Crippen LogP contribution in [0.1, 0.15) is 34.6 Å². The summed E-state index contributed by atoms with van der Waals surface area (Å²) in [7, 11) is 0. The lowest BCUT2D eigenvalue weighted by atomic mass is 9.90. The number of benzene rings is 3. The summed E-state index contributed by atoms with van der Waals surface area (Å²) in [6, 6.07) is 25.3. The topological polar surface area (TPSA) is 58.2 Å². The van der Waals surface area contributed by atoms with Gasteiger partial charge in [0.25, 0.3) is 0 Å². The highest BCUT2D eigenvalue weighted by atomic mass is 16.2. The molecule has 3 aromatic carbocycles. The lowest BCUT2D eigenvalue weighted by Crippen LogP contribution is -2.36. The van der Waals surface area contributed by atoms with Crippen LogP contribution in [0.15, 0.2) is 78.9 Å². The van der Waals surface area contributed by atoms with Crippen LogP contribution in [0.3, 0.4) is 0 Å². The maximum atomic E-state index is 13.0. The third-order valence-corrected chi connectivity index (χ3v) is 5.33. The Balaban J connectivity index is 1.42. The Morgan fingerprint density at radius 1 is 0.793 bits per heavy atom. The van der Waals surface area contributed by atoms with Gasteiger partial charge in [-0.05, 0) is 53.6 Å². The van der Waals surface area contributed by atoms with Crippen molar-refractivity contribution in [2.75, 3.05) is 11.9 Å². The van der Waals surface area contributed by atoms with E-state index >= 15 is 0 Å². The molecule has 0 bridgehead atoms. The van der Waals surface area contributed by atoms with Gasteiger partial charge in [0.2, 0.25) is 11.8 Å². The fourth-order valence-electron chi connectivity index (χ4n) is 3.91. The fourth-order valence-corrected chi connectivity index (χ4v) is 3.91. The van der Waals surface area contributed by atoms with Gasteiger partial charge in [-0.2, -0.15) is 0 Å². The molecule has 4 nitrogen and oxygen atoms in total. The Kier molecular flexibility index (Phi) is 5.71. The minimum Gasteiger partial charge on any atom is -0.346 e. The minimum atomic E-state index is -0.454. The second-order valence-electron chi connectivity index (χ2n) is 7.36. The normalized spacial score (nSPS) is 12.4. The van der Waals surface area contributed by atoms with Gasteiger partial charge in [-0.15, -0.1) is 0 Å². The first-order valence-electron chi connectivity index (χ1n) is 10.00. The number of rotatable bonds is 6. The Morgan fingerprint density at radius 2 is 1.41 bits per heavy atom. The van der Waals surface area contributed by atoms with Crippen molar-refractivity contribution in [3.63, 3.8) is 0 Å². The minimum absolute atomic E-state index is 0.0634. The lowest BCUT2D eigenvalue weighted by molar-refractivity contribution is -0.124. The molecule has 0 aromatic heterocycles. The molecule has 0 aliphatic heterocycles. The van der Waals surface area contributed by atoms with Gasteiger partial charge in [0.15, 0.2) is 0 Å². The van der Waals surface area contributed by atoms with Crippen LogP contribution >= 0.6 is 0 Å². The van der Waals surface area contributed by atoms with Crippen LogP contribution in [0.25, 0.3) is 0 Å². The van der Waals surface area contributed by atoms with Crippen LogP contribution in [0.4, 0.5) is 5.69 Å². The van der Waals surface area contributed by atoms with Gasteiger partial charge in [-0.3, -0.25) is 9.59 Å². The molecule has 0 atom stereocenters. The van der Waals surface area contributed by atoms with Crippen molar-refractivity contribution < 1.29 is 9.59 Å². The van der Waals surface area contributed by atoms with Crippen molar-refractivity contribution in [3.05, 3.63) is 101 Å². The maximum Gasteiger partial charge on any atom is 0.243 e. The monoisotopic (exact) mass is 384 g/mol. The predicted octanol–water partition coefficient (Wildman–Crippen LogP) is 4.06. The number of hydrogen-bond donors (Lipinski definition) is 2. The van der Waals surface area contributed by atoms with E-state index in [1.165, 1.54) is 17.5 Å². The first kappa shape index (κ1) is 18.9. The second kappa shape index (κ2) is 8.74. The summed E-state index contributed by atoms with van der Waals surface area (Å²) < 4.78 is 0. The average Bonchev–Trinajstić information content (AvgIpc) is 3.22. The highest BCUT2D eigenvalue weighted by Gasteiger charge is 2.23. The molecule has 1 aliphatic carbocycles. The Bertz CT molecular complexity index is 960. The van der Waals surface area contributed by atoms with E-state index < -0.39 is 5.92 Å². The second-order valence-corrected chi connectivity index (χ2v) is 7.36. The van der Waals surface area contributed by atoms with Crippen LogP contribution in [-0.4, -0.2) is 18.4 Å². The molecule has 0 fully saturated rings. The largest absolute Gasteiger partial charge is 0.346 e. The molecule has 0 saturated heterocycles. The van der Waals surface area contributed by atoms with Gasteiger partial charge in [-0.1, -0.05) is 66.7 Å². The fraction of sp³-hybridized carbons (Fsp3) is 0.200. The highest BCUT2D eigenvalue weighted by Crippen LogP contribution is 2.26. The van der Waals surface area contributed by atoms with Crippen LogP contribution in [0, 0.1) is 0 Å². The third-order valence-electron chi connectivity index (χ3n) is 5.33. The summed E-state index contributed by atoms with van der Waals surface area (Å²) in [5.41, 5.74) is 5.25. The third kappa shape index (κ3) is 4.54. The maximum absolute atomic E-state index is 13.0. The van der Waals surface area contributed by atoms with Gasteiger partial charge in [0, 0.05) is 5.69 Å². The molecule has 3 aromatic rings. The van der Waals surface area contributed by atoms with E-state index in [1.54, 1.807) is 0 Å². The van der Waals surface area contributed by atoms with Crippen LogP contribution in [0.5, 0.6) is 0 Å². The zero-order valence-corrected chi connectivity index (χ0v) is 16.2. The molecule has 4 heteroatoms. The Morgan fingerprint density at radius 3 is 2.07 bits per heavy atom. The molecule has 29 heavy (non-hydrogen) atoms. The summed E-state index contributed by atoms with van der Waals surface area (Å²) in [4.78, 5) is 25.4. The number of carbonyl (C=O) groups excluding carboxylic acids is 2.